The lowest BCUT2D eigenvalue weighted by atomic mass is 9.84. The van der Waals surface area contributed by atoms with Gasteiger partial charge >= 0.3 is 0 Å². The Morgan fingerprint density at radius 3 is 2.74 bits per heavy atom. The molecule has 3 aliphatic heterocycles. The number of phenolic OH excluding ortho intramolecular Hbond substituents is 1. The minimum absolute atomic E-state index is 0.0628. The summed E-state index contributed by atoms with van der Waals surface area (Å²) in [5, 5.41) is 12.8. The fraction of sp³-hybridized carbons (Fsp3) is 0.533. The molecule has 0 aliphatic carbocycles. The molecule has 1 aromatic rings. The summed E-state index contributed by atoms with van der Waals surface area (Å²) in [6.07, 6.45) is 2.37. The summed E-state index contributed by atoms with van der Waals surface area (Å²) in [4.78, 5) is 14.7. The van der Waals surface area contributed by atoms with Gasteiger partial charge in [-0.25, -0.2) is 0 Å². The Balaban J connectivity index is 1.73. The lowest BCUT2D eigenvalue weighted by Gasteiger charge is -2.45. The van der Waals surface area contributed by atoms with Crippen molar-refractivity contribution >= 4 is 5.91 Å². The van der Waals surface area contributed by atoms with Gasteiger partial charge in [-0.3, -0.25) is 4.79 Å². The second-order valence-electron chi connectivity index (χ2n) is 5.67. The maximum Gasteiger partial charge on any atom is 0.251 e. The van der Waals surface area contributed by atoms with Crippen LogP contribution in [0.5, 0.6) is 5.75 Å². The van der Waals surface area contributed by atoms with Crippen LogP contribution >= 0.6 is 0 Å². The third-order valence-electron chi connectivity index (χ3n) is 4.52. The predicted molar refractivity (Wildman–Crippen MR) is 73.3 cm³/mol. The van der Waals surface area contributed by atoms with Crippen LogP contribution in [0.3, 0.4) is 0 Å². The van der Waals surface area contributed by atoms with Crippen LogP contribution < -0.4 is 5.32 Å². The third-order valence-corrected chi connectivity index (χ3v) is 4.52. The minimum Gasteiger partial charge on any atom is -0.508 e. The SMILES string of the molecule is Cc1c(O)cccc1C(=O)NC1CN2CCC1CC2. The molecule has 1 unspecified atom stereocenters. The van der Waals surface area contributed by atoms with Crippen molar-refractivity contribution in [2.45, 2.75) is 25.8 Å². The van der Waals surface area contributed by atoms with E-state index in [4.69, 9.17) is 0 Å². The van der Waals surface area contributed by atoms with E-state index in [-0.39, 0.29) is 17.7 Å². The van der Waals surface area contributed by atoms with E-state index in [9.17, 15) is 9.90 Å². The topological polar surface area (TPSA) is 52.6 Å². The van der Waals surface area contributed by atoms with E-state index in [1.165, 1.54) is 25.9 Å². The number of rotatable bonds is 2. The summed E-state index contributed by atoms with van der Waals surface area (Å²) in [5.41, 5.74) is 1.23. The highest BCUT2D eigenvalue weighted by molar-refractivity contribution is 5.96. The van der Waals surface area contributed by atoms with Gasteiger partial charge in [0, 0.05) is 23.7 Å². The van der Waals surface area contributed by atoms with Gasteiger partial charge < -0.3 is 15.3 Å². The number of nitrogens with zero attached hydrogens (tertiary/aromatic N) is 1. The number of amides is 1. The molecule has 4 rings (SSSR count). The summed E-state index contributed by atoms with van der Waals surface area (Å²) >= 11 is 0. The van der Waals surface area contributed by atoms with Gasteiger partial charge in [-0.05, 0) is 50.9 Å². The zero-order valence-corrected chi connectivity index (χ0v) is 11.2. The first-order chi connectivity index (χ1) is 9.15. The fourth-order valence-electron chi connectivity index (χ4n) is 3.24. The zero-order valence-electron chi connectivity index (χ0n) is 11.2. The van der Waals surface area contributed by atoms with Gasteiger partial charge in [0.15, 0.2) is 0 Å². The third kappa shape index (κ3) is 2.32. The molecule has 3 aliphatic rings. The van der Waals surface area contributed by atoms with Crippen LogP contribution in [0.2, 0.25) is 0 Å². The Kier molecular flexibility index (Phi) is 3.19. The Hall–Kier alpha value is -1.55. The molecule has 4 nitrogen and oxygen atoms in total. The van der Waals surface area contributed by atoms with E-state index in [1.54, 1.807) is 25.1 Å². The quantitative estimate of drug-likeness (QED) is 0.848. The molecule has 3 saturated heterocycles. The van der Waals surface area contributed by atoms with Gasteiger partial charge in [0.05, 0.1) is 0 Å². The molecule has 0 radical (unpaired) electrons. The second kappa shape index (κ2) is 4.85. The van der Waals surface area contributed by atoms with Gasteiger partial charge in [-0.1, -0.05) is 6.07 Å². The fourth-order valence-corrected chi connectivity index (χ4v) is 3.24. The molecule has 102 valence electrons. The number of carbonyl (C=O) groups excluding carboxylic acids is 1. The summed E-state index contributed by atoms with van der Waals surface area (Å²) in [7, 11) is 0. The molecule has 4 heteroatoms. The molecule has 2 bridgehead atoms. The molecular formula is C15H20N2O2. The molecule has 3 fully saturated rings. The monoisotopic (exact) mass is 260 g/mol. The van der Waals surface area contributed by atoms with Crippen LogP contribution in [0, 0.1) is 12.8 Å². The molecule has 0 saturated carbocycles. The number of carbonyl (C=O) groups is 1. The number of phenols is 1. The van der Waals surface area contributed by atoms with Gasteiger partial charge in [0.25, 0.3) is 5.91 Å². The van der Waals surface area contributed by atoms with Crippen molar-refractivity contribution in [1.29, 1.82) is 0 Å². The van der Waals surface area contributed by atoms with E-state index in [2.05, 4.69) is 10.2 Å². The zero-order chi connectivity index (χ0) is 13.4. The van der Waals surface area contributed by atoms with Crippen LogP contribution in [0.4, 0.5) is 0 Å². The van der Waals surface area contributed by atoms with Gasteiger partial charge in [-0.15, -0.1) is 0 Å². The number of nitrogens with one attached hydrogen (secondary N) is 1. The van der Waals surface area contributed by atoms with Crippen molar-refractivity contribution in [1.82, 2.24) is 10.2 Å². The van der Waals surface area contributed by atoms with Crippen LogP contribution in [0.25, 0.3) is 0 Å². The van der Waals surface area contributed by atoms with Gasteiger partial charge in [-0.2, -0.15) is 0 Å². The molecule has 1 aromatic carbocycles. The Morgan fingerprint density at radius 1 is 1.37 bits per heavy atom. The van der Waals surface area contributed by atoms with Crippen molar-refractivity contribution in [2.75, 3.05) is 19.6 Å². The lowest BCUT2D eigenvalue weighted by molar-refractivity contribution is 0.0620. The highest BCUT2D eigenvalue weighted by atomic mass is 16.3. The Bertz CT molecular complexity index is 493. The van der Waals surface area contributed by atoms with Gasteiger partial charge in [0.2, 0.25) is 0 Å². The predicted octanol–water partition coefficient (Wildman–Crippen LogP) is 1.52. The molecule has 2 N–H and O–H groups in total. The normalized spacial score (nSPS) is 29.2. The van der Waals surface area contributed by atoms with Gasteiger partial charge in [0.1, 0.15) is 5.75 Å². The highest BCUT2D eigenvalue weighted by Gasteiger charge is 2.35. The number of piperidine rings is 3. The molecular weight excluding hydrogens is 240 g/mol. The first kappa shape index (κ1) is 12.5. The highest BCUT2D eigenvalue weighted by Crippen LogP contribution is 2.28. The van der Waals surface area contributed by atoms with Crippen molar-refractivity contribution in [3.05, 3.63) is 29.3 Å². The summed E-state index contributed by atoms with van der Waals surface area (Å²) < 4.78 is 0. The molecule has 1 atom stereocenters. The average molecular weight is 260 g/mol. The van der Waals surface area contributed by atoms with E-state index in [1.807, 2.05) is 0 Å². The number of aromatic hydroxyl groups is 1. The molecule has 19 heavy (non-hydrogen) atoms. The van der Waals surface area contributed by atoms with Crippen molar-refractivity contribution in [3.63, 3.8) is 0 Å². The average Bonchev–Trinajstić information content (AvgIpc) is 2.43. The maximum absolute atomic E-state index is 12.3. The maximum atomic E-state index is 12.3. The van der Waals surface area contributed by atoms with E-state index >= 15 is 0 Å². The van der Waals surface area contributed by atoms with Crippen LogP contribution in [-0.2, 0) is 0 Å². The van der Waals surface area contributed by atoms with Crippen LogP contribution in [0.1, 0.15) is 28.8 Å². The largest absolute Gasteiger partial charge is 0.508 e. The summed E-state index contributed by atoms with van der Waals surface area (Å²) in [6.45, 7) is 5.08. The minimum atomic E-state index is -0.0628. The van der Waals surface area contributed by atoms with E-state index in [0.29, 0.717) is 17.0 Å². The van der Waals surface area contributed by atoms with Crippen LogP contribution in [-0.4, -0.2) is 41.6 Å². The first-order valence-electron chi connectivity index (χ1n) is 6.97. The standard InChI is InChI=1S/C15H20N2O2/c1-10-12(3-2-4-14(10)18)15(19)16-13-9-17-7-5-11(13)6-8-17/h2-4,11,13,18H,5-9H2,1H3,(H,16,19). The van der Waals surface area contributed by atoms with E-state index < -0.39 is 0 Å². The van der Waals surface area contributed by atoms with Crippen LogP contribution in [0.15, 0.2) is 18.2 Å². The number of hydrogen-bond acceptors (Lipinski definition) is 3. The smallest absolute Gasteiger partial charge is 0.251 e. The Morgan fingerprint density at radius 2 is 2.11 bits per heavy atom. The number of hydrogen-bond donors (Lipinski definition) is 2. The Labute approximate surface area is 113 Å². The summed E-state index contributed by atoms with van der Waals surface area (Å²) in [6, 6.07) is 5.36. The molecule has 0 aromatic heterocycles. The molecule has 0 spiro atoms. The van der Waals surface area contributed by atoms with Crippen molar-refractivity contribution < 1.29 is 9.90 Å². The second-order valence-corrected chi connectivity index (χ2v) is 5.67. The lowest BCUT2D eigenvalue weighted by Crippen LogP contribution is -2.57. The van der Waals surface area contributed by atoms with E-state index in [0.717, 1.165) is 6.54 Å². The molecule has 3 heterocycles. The first-order valence-corrected chi connectivity index (χ1v) is 6.97. The van der Waals surface area contributed by atoms with Crippen molar-refractivity contribution in [2.24, 2.45) is 5.92 Å². The van der Waals surface area contributed by atoms with Crippen molar-refractivity contribution in [3.8, 4) is 5.75 Å². The number of benzene rings is 1. The molecule has 1 amide bonds. The summed E-state index contributed by atoms with van der Waals surface area (Å²) in [5.74, 6) is 0.736. The number of fused-ring (bicyclic) bond motifs is 3.